The maximum atomic E-state index is 10.8. The van der Waals surface area contributed by atoms with E-state index >= 15 is 0 Å². The molecule has 1 aliphatic carbocycles. The molecule has 1 fully saturated rings. The minimum absolute atomic E-state index is 0.0359. The molecule has 0 aromatic rings. The molecule has 1 aliphatic heterocycles. The highest BCUT2D eigenvalue weighted by Gasteiger charge is 2.34. The van der Waals surface area contributed by atoms with Crippen LogP contribution < -0.4 is 0 Å². The second-order valence-electron chi connectivity index (χ2n) is 5.40. The van der Waals surface area contributed by atoms with Crippen LogP contribution >= 0.6 is 0 Å². The van der Waals surface area contributed by atoms with E-state index < -0.39 is 17.4 Å². The van der Waals surface area contributed by atoms with Crippen molar-refractivity contribution in [2.45, 2.75) is 33.1 Å². The number of allylic oxidation sites excluding steroid dienone is 2. The Morgan fingerprint density at radius 2 is 1.90 bits per heavy atom. The Labute approximate surface area is 119 Å². The topological polar surface area (TPSA) is 77.8 Å². The van der Waals surface area contributed by atoms with Crippen molar-refractivity contribution in [1.29, 1.82) is 0 Å². The molecule has 0 saturated carbocycles. The van der Waals surface area contributed by atoms with Gasteiger partial charge in [0.1, 0.15) is 0 Å². The molecule has 1 saturated heterocycles. The third-order valence-electron chi connectivity index (χ3n) is 3.73. The van der Waals surface area contributed by atoms with E-state index in [1.54, 1.807) is 0 Å². The lowest BCUT2D eigenvalue weighted by Gasteiger charge is -2.23. The smallest absolute Gasteiger partial charge is 0.331 e. The first-order valence-corrected chi connectivity index (χ1v) is 6.96. The number of aliphatic carboxylic acids is 2. The van der Waals surface area contributed by atoms with Crippen molar-refractivity contribution in [2.24, 2.45) is 5.41 Å². The molecule has 2 N–H and O–H groups in total. The first-order chi connectivity index (χ1) is 9.39. The van der Waals surface area contributed by atoms with Gasteiger partial charge >= 0.3 is 11.9 Å². The maximum Gasteiger partial charge on any atom is 0.331 e. The van der Waals surface area contributed by atoms with Crippen LogP contribution in [0.4, 0.5) is 0 Å². The second kappa shape index (κ2) is 7.24. The Hall–Kier alpha value is -1.62. The molecule has 0 aromatic carbocycles. The molecule has 5 heteroatoms. The van der Waals surface area contributed by atoms with E-state index in [9.17, 15) is 9.59 Å². The summed E-state index contributed by atoms with van der Waals surface area (Å²) < 4.78 is 0. The summed E-state index contributed by atoms with van der Waals surface area (Å²) in [7, 11) is 0. The fourth-order valence-corrected chi connectivity index (χ4v) is 2.28. The Balaban J connectivity index is 0.000000240. The van der Waals surface area contributed by atoms with Crippen LogP contribution in [0.25, 0.3) is 0 Å². The molecule has 0 amide bonds. The van der Waals surface area contributed by atoms with Gasteiger partial charge in [0.2, 0.25) is 0 Å². The molecule has 5 nitrogen and oxygen atoms in total. The summed E-state index contributed by atoms with van der Waals surface area (Å²) in [6, 6.07) is 0. The third-order valence-corrected chi connectivity index (χ3v) is 3.73. The van der Waals surface area contributed by atoms with Crippen molar-refractivity contribution < 1.29 is 19.8 Å². The number of carboxylic acids is 2. The van der Waals surface area contributed by atoms with Crippen LogP contribution in [0, 0.1) is 5.41 Å². The largest absolute Gasteiger partial charge is 0.481 e. The molecule has 1 unspecified atom stereocenters. The molecule has 0 spiro atoms. The molecule has 1 heterocycles. The average Bonchev–Trinajstić information content (AvgIpc) is 2.92. The van der Waals surface area contributed by atoms with Crippen LogP contribution in [0.5, 0.6) is 0 Å². The number of carboxylic acid groups (broad SMARTS) is 2. The standard InChI is InChI=1S/C9H10O4.C6H13N/c1-9(8(12)13)4-2-3-6(5-9)7(10)11;1-2-7-5-3-4-6-7/h2-4H,5H2,1H3,(H,10,11)(H,12,13);2-6H2,1H3. The van der Waals surface area contributed by atoms with Gasteiger partial charge in [-0.05, 0) is 45.8 Å². The average molecular weight is 281 g/mol. The zero-order valence-electron chi connectivity index (χ0n) is 12.1. The molecule has 1 atom stereocenters. The van der Waals surface area contributed by atoms with Crippen LogP contribution in [0.2, 0.25) is 0 Å². The Bertz CT molecular complexity index is 422. The Morgan fingerprint density at radius 3 is 2.30 bits per heavy atom. The molecule has 0 bridgehead atoms. The summed E-state index contributed by atoms with van der Waals surface area (Å²) in [5.41, 5.74) is -0.949. The molecule has 2 rings (SSSR count). The summed E-state index contributed by atoms with van der Waals surface area (Å²) in [4.78, 5) is 23.8. The first kappa shape index (κ1) is 16.4. The molecule has 0 aromatic heterocycles. The fraction of sp³-hybridized carbons (Fsp3) is 0.600. The second-order valence-corrected chi connectivity index (χ2v) is 5.40. The number of carbonyl (C=O) groups is 2. The number of hydrogen-bond donors (Lipinski definition) is 2. The van der Waals surface area contributed by atoms with E-state index in [0.717, 1.165) is 0 Å². The fourth-order valence-electron chi connectivity index (χ4n) is 2.28. The van der Waals surface area contributed by atoms with Gasteiger partial charge in [-0.25, -0.2) is 4.79 Å². The minimum Gasteiger partial charge on any atom is -0.481 e. The van der Waals surface area contributed by atoms with E-state index in [1.165, 1.54) is 57.6 Å². The molecule has 2 aliphatic rings. The molecule has 112 valence electrons. The number of likely N-dealkylation sites (tertiary alicyclic amines) is 1. The van der Waals surface area contributed by atoms with Crippen LogP contribution in [-0.2, 0) is 9.59 Å². The quantitative estimate of drug-likeness (QED) is 0.828. The van der Waals surface area contributed by atoms with Gasteiger partial charge in [0.25, 0.3) is 0 Å². The van der Waals surface area contributed by atoms with Crippen molar-refractivity contribution in [3.63, 3.8) is 0 Å². The van der Waals surface area contributed by atoms with Gasteiger partial charge < -0.3 is 15.1 Å². The van der Waals surface area contributed by atoms with Crippen molar-refractivity contribution in [1.82, 2.24) is 4.90 Å². The zero-order chi connectivity index (χ0) is 15.2. The van der Waals surface area contributed by atoms with Gasteiger partial charge in [0.15, 0.2) is 0 Å². The Morgan fingerprint density at radius 1 is 1.30 bits per heavy atom. The highest BCUT2D eigenvalue weighted by atomic mass is 16.4. The number of rotatable bonds is 3. The Kier molecular flexibility index (Phi) is 5.95. The minimum atomic E-state index is -1.08. The lowest BCUT2D eigenvalue weighted by molar-refractivity contribution is -0.145. The SMILES string of the molecule is CC1(C(=O)O)C=CC=C(C(=O)O)C1.CCN1CCCC1. The van der Waals surface area contributed by atoms with Gasteiger partial charge in [-0.15, -0.1) is 0 Å². The summed E-state index contributed by atoms with van der Waals surface area (Å²) in [5.74, 6) is -2.06. The summed E-state index contributed by atoms with van der Waals surface area (Å²) >= 11 is 0. The summed E-state index contributed by atoms with van der Waals surface area (Å²) in [5, 5.41) is 17.5. The van der Waals surface area contributed by atoms with Crippen molar-refractivity contribution in [3.05, 3.63) is 23.8 Å². The number of nitrogens with zero attached hydrogens (tertiary/aromatic N) is 1. The maximum absolute atomic E-state index is 10.8. The molecule has 20 heavy (non-hydrogen) atoms. The van der Waals surface area contributed by atoms with Gasteiger partial charge in [-0.1, -0.05) is 25.2 Å². The predicted molar refractivity (Wildman–Crippen MR) is 76.6 cm³/mol. The van der Waals surface area contributed by atoms with Crippen molar-refractivity contribution >= 4 is 11.9 Å². The van der Waals surface area contributed by atoms with E-state index in [2.05, 4.69) is 11.8 Å². The highest BCUT2D eigenvalue weighted by Crippen LogP contribution is 2.31. The van der Waals surface area contributed by atoms with Gasteiger partial charge in [-0.3, -0.25) is 4.79 Å². The lowest BCUT2D eigenvalue weighted by Crippen LogP contribution is -2.28. The van der Waals surface area contributed by atoms with E-state index in [0.29, 0.717) is 0 Å². The molecular formula is C15H23NO4. The first-order valence-electron chi connectivity index (χ1n) is 6.96. The monoisotopic (exact) mass is 281 g/mol. The number of hydrogen-bond acceptors (Lipinski definition) is 3. The summed E-state index contributed by atoms with van der Waals surface area (Å²) in [6.45, 7) is 7.67. The lowest BCUT2D eigenvalue weighted by atomic mass is 9.80. The van der Waals surface area contributed by atoms with Crippen LogP contribution in [0.1, 0.15) is 33.1 Å². The van der Waals surface area contributed by atoms with Crippen LogP contribution in [-0.4, -0.2) is 46.7 Å². The normalized spacial score (nSPS) is 25.6. The zero-order valence-corrected chi connectivity index (χ0v) is 12.1. The van der Waals surface area contributed by atoms with Crippen LogP contribution in [0.15, 0.2) is 23.8 Å². The predicted octanol–water partition coefficient (Wildman–Crippen LogP) is 2.15. The van der Waals surface area contributed by atoms with Gasteiger partial charge in [0, 0.05) is 5.57 Å². The third kappa shape index (κ3) is 4.49. The molecule has 0 radical (unpaired) electrons. The van der Waals surface area contributed by atoms with Gasteiger partial charge in [-0.2, -0.15) is 0 Å². The molecular weight excluding hydrogens is 258 g/mol. The van der Waals surface area contributed by atoms with E-state index in [-0.39, 0.29) is 12.0 Å². The van der Waals surface area contributed by atoms with Crippen LogP contribution in [0.3, 0.4) is 0 Å². The van der Waals surface area contributed by atoms with E-state index in [1.807, 2.05) is 0 Å². The van der Waals surface area contributed by atoms with Gasteiger partial charge in [0.05, 0.1) is 5.41 Å². The van der Waals surface area contributed by atoms with E-state index in [4.69, 9.17) is 10.2 Å². The van der Waals surface area contributed by atoms with Crippen molar-refractivity contribution in [3.8, 4) is 0 Å². The summed E-state index contributed by atoms with van der Waals surface area (Å²) in [6.07, 6.45) is 7.28. The highest BCUT2D eigenvalue weighted by molar-refractivity contribution is 5.90. The van der Waals surface area contributed by atoms with Crippen molar-refractivity contribution in [2.75, 3.05) is 19.6 Å².